The molecule has 0 aliphatic carbocycles. The van der Waals surface area contributed by atoms with Gasteiger partial charge in [0.05, 0.1) is 21.6 Å². The zero-order chi connectivity index (χ0) is 26.5. The number of nitrogens with zero attached hydrogens (tertiary/aromatic N) is 1. The minimum atomic E-state index is -4.10. The van der Waals surface area contributed by atoms with E-state index in [0.29, 0.717) is 26.9 Å². The Labute approximate surface area is 220 Å². The second-order valence-electron chi connectivity index (χ2n) is 9.11. The highest BCUT2D eigenvalue weighted by Crippen LogP contribution is 2.43. The fourth-order valence-electron chi connectivity index (χ4n) is 3.50. The largest absolute Gasteiger partial charge is 0.424 e. The molecule has 0 radical (unpaired) electrons. The molecule has 7 nitrogen and oxygen atoms in total. The maximum Gasteiger partial charge on any atom is 0.245 e. The predicted molar refractivity (Wildman–Crippen MR) is 145 cm³/mol. The topological polar surface area (TPSA) is 106 Å². The van der Waals surface area contributed by atoms with E-state index in [2.05, 4.69) is 9.71 Å². The number of anilines is 1. The fraction of sp³-hybridized carbons (Fsp3) is 0.240. The quantitative estimate of drug-likeness (QED) is 0.275. The van der Waals surface area contributed by atoms with E-state index in [1.807, 2.05) is 0 Å². The maximum absolute atomic E-state index is 13.4. The van der Waals surface area contributed by atoms with Crippen LogP contribution in [-0.2, 0) is 19.9 Å². The van der Waals surface area contributed by atoms with Crippen LogP contribution < -0.4 is 4.72 Å². The van der Waals surface area contributed by atoms with E-state index < -0.39 is 29.7 Å². The van der Waals surface area contributed by atoms with Gasteiger partial charge in [-0.05, 0) is 57.5 Å². The van der Waals surface area contributed by atoms with Crippen LogP contribution in [0, 0.1) is 0 Å². The number of benzene rings is 2. The smallest absolute Gasteiger partial charge is 0.245 e. The highest BCUT2D eigenvalue weighted by atomic mass is 35.5. The fourth-order valence-corrected chi connectivity index (χ4v) is 5.75. The lowest BCUT2D eigenvalue weighted by molar-refractivity contribution is 0.465. The van der Waals surface area contributed by atoms with Crippen molar-refractivity contribution < 1.29 is 21.3 Å². The summed E-state index contributed by atoms with van der Waals surface area (Å²) in [5.74, 6) is -0.260. The number of aromatic nitrogens is 1. The van der Waals surface area contributed by atoms with E-state index >= 15 is 0 Å². The van der Waals surface area contributed by atoms with Crippen LogP contribution in [0.15, 0.2) is 64.1 Å². The van der Waals surface area contributed by atoms with Gasteiger partial charge in [0.15, 0.2) is 0 Å². The molecule has 0 spiro atoms. The number of rotatable bonds is 6. The van der Waals surface area contributed by atoms with Crippen molar-refractivity contribution in [2.45, 2.75) is 37.5 Å². The molecule has 0 saturated carbocycles. The van der Waals surface area contributed by atoms with E-state index in [9.17, 15) is 16.8 Å². The third-order valence-corrected chi connectivity index (χ3v) is 9.87. The number of halogens is 2. The molecule has 4 rings (SSSR count). The zero-order valence-corrected chi connectivity index (χ0v) is 23.1. The Morgan fingerprint density at radius 3 is 2.17 bits per heavy atom. The number of furan rings is 1. The van der Waals surface area contributed by atoms with Crippen molar-refractivity contribution in [2.24, 2.45) is 0 Å². The summed E-state index contributed by atoms with van der Waals surface area (Å²) in [6.07, 6.45) is 0. The summed E-state index contributed by atoms with van der Waals surface area (Å²) in [4.78, 5) is 4.65. The van der Waals surface area contributed by atoms with Gasteiger partial charge in [0.25, 0.3) is 0 Å². The number of fused-ring (bicyclic) bond motifs is 1. The monoisotopic (exact) mass is 566 g/mol. The molecule has 0 fully saturated rings. The maximum atomic E-state index is 13.4. The Kier molecular flexibility index (Phi) is 6.89. The number of nitrogens with one attached hydrogen (secondary N) is 1. The second-order valence-corrected chi connectivity index (χ2v) is 14.6. The molecule has 2 aromatic carbocycles. The summed E-state index contributed by atoms with van der Waals surface area (Å²) < 4.78 is 58.9. The van der Waals surface area contributed by atoms with Gasteiger partial charge in [-0.2, -0.15) is 0 Å². The first kappa shape index (κ1) is 26.5. The number of sulfone groups is 1. The molecule has 190 valence electrons. The normalized spacial score (nSPS) is 12.7. The molecule has 0 atom stereocenters. The Morgan fingerprint density at radius 2 is 1.58 bits per heavy atom. The molecular weight excluding hydrogens is 543 g/mol. The standard InChI is InChI=1S/C25H24Cl2N2O5S2/c1-5-35(30,31)29-22-19-14-18(15-10-12-16(26)13-11-15)21(17-8-6-7-9-20(17)27)28-23(19)34-24(22)36(32,33)25(2,3)4/h6-14,29H,5H2,1-4H3. The Morgan fingerprint density at radius 1 is 0.944 bits per heavy atom. The van der Waals surface area contributed by atoms with Crippen molar-refractivity contribution in [3.63, 3.8) is 0 Å². The van der Waals surface area contributed by atoms with Gasteiger partial charge in [0, 0.05) is 21.2 Å². The molecule has 4 aromatic rings. The van der Waals surface area contributed by atoms with Crippen LogP contribution in [0.25, 0.3) is 33.5 Å². The Bertz CT molecular complexity index is 1670. The van der Waals surface area contributed by atoms with E-state index in [0.717, 1.165) is 5.56 Å². The molecule has 0 bridgehead atoms. The Balaban J connectivity index is 2.14. The van der Waals surface area contributed by atoms with Gasteiger partial charge >= 0.3 is 0 Å². The minimum Gasteiger partial charge on any atom is -0.424 e. The first-order valence-electron chi connectivity index (χ1n) is 11.0. The lowest BCUT2D eigenvalue weighted by Gasteiger charge is -2.18. The van der Waals surface area contributed by atoms with Crippen molar-refractivity contribution in [3.8, 4) is 22.4 Å². The summed E-state index contributed by atoms with van der Waals surface area (Å²) in [5, 5.41) is 0.675. The summed E-state index contributed by atoms with van der Waals surface area (Å²) in [6, 6.07) is 15.7. The summed E-state index contributed by atoms with van der Waals surface area (Å²) in [5.41, 5.74) is 2.13. The van der Waals surface area contributed by atoms with Crippen molar-refractivity contribution in [2.75, 3.05) is 10.5 Å². The first-order valence-corrected chi connectivity index (χ1v) is 14.9. The summed E-state index contributed by atoms with van der Waals surface area (Å²) in [6.45, 7) is 5.98. The van der Waals surface area contributed by atoms with Crippen molar-refractivity contribution in [1.29, 1.82) is 0 Å². The van der Waals surface area contributed by atoms with Gasteiger partial charge < -0.3 is 4.42 Å². The summed E-state index contributed by atoms with van der Waals surface area (Å²) >= 11 is 12.6. The molecule has 2 aromatic heterocycles. The molecule has 1 N–H and O–H groups in total. The van der Waals surface area contributed by atoms with Gasteiger partial charge in [0.2, 0.25) is 30.7 Å². The molecular formula is C25H24Cl2N2O5S2. The molecule has 0 aliphatic heterocycles. The first-order chi connectivity index (χ1) is 16.7. The Hall–Kier alpha value is -2.59. The van der Waals surface area contributed by atoms with Crippen LogP contribution in [0.2, 0.25) is 10.0 Å². The van der Waals surface area contributed by atoms with Crippen LogP contribution in [0.3, 0.4) is 0 Å². The lowest BCUT2D eigenvalue weighted by atomic mass is 9.98. The van der Waals surface area contributed by atoms with Crippen LogP contribution in [-0.4, -0.2) is 32.3 Å². The predicted octanol–water partition coefficient (Wildman–Crippen LogP) is 6.80. The number of sulfonamides is 1. The minimum absolute atomic E-state index is 0.0424. The average Bonchev–Trinajstić information content (AvgIpc) is 3.16. The molecule has 2 heterocycles. The van der Waals surface area contributed by atoms with Crippen molar-refractivity contribution in [3.05, 3.63) is 64.6 Å². The molecule has 11 heteroatoms. The molecule has 0 saturated heterocycles. The third-order valence-electron chi connectivity index (χ3n) is 5.62. The highest BCUT2D eigenvalue weighted by Gasteiger charge is 2.38. The van der Waals surface area contributed by atoms with Gasteiger partial charge in [-0.3, -0.25) is 4.72 Å². The number of pyridine rings is 1. The molecule has 36 heavy (non-hydrogen) atoms. The summed E-state index contributed by atoms with van der Waals surface area (Å²) in [7, 11) is -7.95. The third kappa shape index (κ3) is 4.85. The molecule has 0 unspecified atom stereocenters. The van der Waals surface area contributed by atoms with Crippen LogP contribution in [0.4, 0.5) is 5.69 Å². The number of hydrogen-bond acceptors (Lipinski definition) is 6. The van der Waals surface area contributed by atoms with E-state index in [-0.39, 0.29) is 22.5 Å². The SMILES string of the molecule is CCS(=O)(=O)Nc1c(S(=O)(=O)C(C)(C)C)oc2nc(-c3ccccc3Cl)c(-c3ccc(Cl)cc3)cc12. The van der Waals surface area contributed by atoms with Crippen molar-refractivity contribution in [1.82, 2.24) is 4.98 Å². The van der Waals surface area contributed by atoms with E-state index in [1.54, 1.807) is 54.6 Å². The average molecular weight is 568 g/mol. The molecule has 0 amide bonds. The lowest BCUT2D eigenvalue weighted by Crippen LogP contribution is -2.28. The van der Waals surface area contributed by atoms with E-state index in [1.165, 1.54) is 27.7 Å². The van der Waals surface area contributed by atoms with Crippen LogP contribution in [0.1, 0.15) is 27.7 Å². The number of hydrogen-bond donors (Lipinski definition) is 1. The van der Waals surface area contributed by atoms with Crippen molar-refractivity contribution >= 4 is 59.8 Å². The highest BCUT2D eigenvalue weighted by molar-refractivity contribution is 7.93. The van der Waals surface area contributed by atoms with Gasteiger partial charge in [0.1, 0.15) is 5.69 Å². The molecule has 0 aliphatic rings. The second kappa shape index (κ2) is 9.37. The van der Waals surface area contributed by atoms with Gasteiger partial charge in [-0.25, -0.2) is 21.8 Å². The van der Waals surface area contributed by atoms with Crippen LogP contribution >= 0.6 is 23.2 Å². The van der Waals surface area contributed by atoms with E-state index in [4.69, 9.17) is 27.6 Å². The van der Waals surface area contributed by atoms with Gasteiger partial charge in [-0.1, -0.05) is 53.5 Å². The zero-order valence-electron chi connectivity index (χ0n) is 20.0. The van der Waals surface area contributed by atoms with Gasteiger partial charge in [-0.15, -0.1) is 0 Å². The van der Waals surface area contributed by atoms with Crippen LogP contribution in [0.5, 0.6) is 0 Å².